The summed E-state index contributed by atoms with van der Waals surface area (Å²) in [4.78, 5) is 0. The van der Waals surface area contributed by atoms with Crippen LogP contribution in [0.1, 0.15) is 65.2 Å². The van der Waals surface area contributed by atoms with Crippen molar-refractivity contribution in [3.63, 3.8) is 0 Å². The van der Waals surface area contributed by atoms with Gasteiger partial charge in [-0.05, 0) is 32.6 Å². The Morgan fingerprint density at radius 3 is 2.11 bits per heavy atom. The van der Waals surface area contributed by atoms with E-state index in [1.54, 1.807) is 0 Å². The molecule has 0 saturated carbocycles. The van der Waals surface area contributed by atoms with Crippen LogP contribution in [0.25, 0.3) is 0 Å². The Hall–Kier alpha value is 0.870. The van der Waals surface area contributed by atoms with Gasteiger partial charge in [-0.1, -0.05) is 32.6 Å². The van der Waals surface area contributed by atoms with Gasteiger partial charge in [0.2, 0.25) is 0 Å². The maximum atomic E-state index is 10.6. The monoisotopic (exact) mass is 288 g/mol. The third-order valence-corrected chi connectivity index (χ3v) is 4.25. The summed E-state index contributed by atoms with van der Waals surface area (Å²) < 4.78 is 31.9. The minimum atomic E-state index is -4.16. The Bertz CT molecular complexity index is 280. The Labute approximate surface area is 134 Å². The molecule has 4 nitrogen and oxygen atoms in total. The Balaban J connectivity index is 0. The van der Waals surface area contributed by atoms with E-state index in [-0.39, 0.29) is 35.7 Å². The van der Waals surface area contributed by atoms with Crippen LogP contribution in [-0.2, 0) is 10.1 Å². The zero-order valence-corrected chi connectivity index (χ0v) is 14.7. The molecule has 0 radical (unpaired) electrons. The fourth-order valence-corrected chi connectivity index (χ4v) is 2.19. The van der Waals surface area contributed by atoms with Gasteiger partial charge in [0.05, 0.1) is 16.2 Å². The van der Waals surface area contributed by atoms with Crippen molar-refractivity contribution in [2.24, 2.45) is 0 Å². The molecule has 0 aromatic carbocycles. The number of unbranched alkanes of at least 4 members (excludes halogenated alkanes) is 3. The number of aliphatic hydroxyl groups is 1. The second kappa shape index (κ2) is 11.7. The van der Waals surface area contributed by atoms with Crippen LogP contribution in [0.15, 0.2) is 0 Å². The normalized spacial score (nSPS) is 14.9. The summed E-state index contributed by atoms with van der Waals surface area (Å²) in [5.74, 6) is 0. The molecule has 2 unspecified atom stereocenters. The molecule has 6 heteroatoms. The predicted molar refractivity (Wildman–Crippen MR) is 67.8 cm³/mol. The molecule has 104 valence electrons. The van der Waals surface area contributed by atoms with Crippen LogP contribution >= 0.6 is 0 Å². The van der Waals surface area contributed by atoms with Crippen LogP contribution in [0.4, 0.5) is 0 Å². The van der Waals surface area contributed by atoms with Gasteiger partial charge in [0, 0.05) is 5.25 Å². The van der Waals surface area contributed by atoms with Crippen molar-refractivity contribution in [1.82, 2.24) is 0 Å². The second-order valence-corrected chi connectivity index (χ2v) is 6.53. The van der Waals surface area contributed by atoms with Crippen LogP contribution in [0.2, 0.25) is 0 Å². The molecule has 2 atom stereocenters. The van der Waals surface area contributed by atoms with Gasteiger partial charge < -0.3 is 9.66 Å². The molecule has 0 saturated heterocycles. The van der Waals surface area contributed by atoms with Crippen molar-refractivity contribution in [2.75, 3.05) is 0 Å². The van der Waals surface area contributed by atoms with E-state index in [1.165, 1.54) is 19.8 Å². The molecule has 0 rings (SSSR count). The quantitative estimate of drug-likeness (QED) is 0.332. The van der Waals surface area contributed by atoms with Crippen molar-refractivity contribution in [1.29, 1.82) is 0 Å². The van der Waals surface area contributed by atoms with Crippen LogP contribution in [0.5, 0.6) is 0 Å². The predicted octanol–water partition coefficient (Wildman–Crippen LogP) is -0.574. The van der Waals surface area contributed by atoms with Crippen molar-refractivity contribution in [3.8, 4) is 0 Å². The van der Waals surface area contributed by atoms with E-state index in [9.17, 15) is 18.1 Å². The van der Waals surface area contributed by atoms with E-state index in [2.05, 4.69) is 6.92 Å². The molecule has 0 aromatic rings. The van der Waals surface area contributed by atoms with Crippen molar-refractivity contribution >= 4 is 10.1 Å². The van der Waals surface area contributed by atoms with E-state index in [0.717, 1.165) is 19.3 Å². The average Bonchev–Trinajstić information content (AvgIpc) is 2.23. The third-order valence-electron chi connectivity index (χ3n) is 3.03. The molecule has 18 heavy (non-hydrogen) atoms. The van der Waals surface area contributed by atoms with Crippen molar-refractivity contribution < 1.29 is 47.6 Å². The minimum Gasteiger partial charge on any atom is -0.748 e. The molecule has 0 fully saturated rings. The number of aliphatic hydroxyl groups excluding tert-OH is 1. The SMILES string of the molecule is CCCCCCC(O)CCCC(C)S(=O)(=O)[O-].[Na+]. The van der Waals surface area contributed by atoms with Crippen LogP contribution in [-0.4, -0.2) is 29.4 Å². The van der Waals surface area contributed by atoms with Crippen LogP contribution in [0, 0.1) is 0 Å². The Morgan fingerprint density at radius 1 is 1.06 bits per heavy atom. The summed E-state index contributed by atoms with van der Waals surface area (Å²) in [5, 5.41) is 8.80. The van der Waals surface area contributed by atoms with Crippen molar-refractivity contribution in [2.45, 2.75) is 76.6 Å². The molecular formula is C12H25NaO4S. The molecule has 0 amide bonds. The van der Waals surface area contributed by atoms with Gasteiger partial charge >= 0.3 is 29.6 Å². The Kier molecular flexibility index (Phi) is 13.7. The smallest absolute Gasteiger partial charge is 0.748 e. The maximum absolute atomic E-state index is 10.6. The molecule has 0 heterocycles. The zero-order valence-electron chi connectivity index (χ0n) is 11.9. The number of hydrogen-bond acceptors (Lipinski definition) is 4. The molecule has 1 N–H and O–H groups in total. The van der Waals surface area contributed by atoms with Crippen LogP contribution in [0.3, 0.4) is 0 Å². The summed E-state index contributed by atoms with van der Waals surface area (Å²) >= 11 is 0. The second-order valence-electron chi connectivity index (χ2n) is 4.74. The summed E-state index contributed by atoms with van der Waals surface area (Å²) in [7, 11) is -4.16. The zero-order chi connectivity index (χ0) is 13.3. The van der Waals surface area contributed by atoms with E-state index in [4.69, 9.17) is 0 Å². The summed E-state index contributed by atoms with van der Waals surface area (Å²) in [5.41, 5.74) is 0. The topological polar surface area (TPSA) is 77.4 Å². The van der Waals surface area contributed by atoms with Gasteiger partial charge in [-0.25, -0.2) is 8.42 Å². The molecule has 0 aromatic heterocycles. The molecule has 0 aliphatic rings. The fourth-order valence-electron chi connectivity index (χ4n) is 1.74. The first-order valence-corrected chi connectivity index (χ1v) is 7.97. The fraction of sp³-hybridized carbons (Fsp3) is 1.00. The van der Waals surface area contributed by atoms with Crippen molar-refractivity contribution in [3.05, 3.63) is 0 Å². The number of rotatable bonds is 10. The first-order chi connectivity index (χ1) is 7.88. The first kappa shape index (κ1) is 21.2. The van der Waals surface area contributed by atoms with Gasteiger partial charge in [0.1, 0.15) is 0 Å². The molecule has 0 aliphatic carbocycles. The Morgan fingerprint density at radius 2 is 1.61 bits per heavy atom. The van der Waals surface area contributed by atoms with Gasteiger partial charge in [0.25, 0.3) is 0 Å². The average molecular weight is 288 g/mol. The standard InChI is InChI=1S/C12H26O4S.Na/c1-3-4-5-6-9-12(13)10-7-8-11(2)17(14,15)16;/h11-13H,3-10H2,1-2H3,(H,14,15,16);/q;+1/p-1. The number of hydrogen-bond donors (Lipinski definition) is 1. The molecule has 0 aliphatic heterocycles. The molecule has 0 spiro atoms. The summed E-state index contributed by atoms with van der Waals surface area (Å²) in [6, 6.07) is 0. The first-order valence-electron chi connectivity index (χ1n) is 6.50. The van der Waals surface area contributed by atoms with E-state index in [1.807, 2.05) is 0 Å². The van der Waals surface area contributed by atoms with Gasteiger partial charge in [-0.2, -0.15) is 0 Å². The molecular weight excluding hydrogens is 263 g/mol. The van der Waals surface area contributed by atoms with E-state index in [0.29, 0.717) is 19.3 Å². The third kappa shape index (κ3) is 11.9. The molecule has 0 bridgehead atoms. The summed E-state index contributed by atoms with van der Waals surface area (Å²) in [6.07, 6.45) is 6.48. The summed E-state index contributed by atoms with van der Waals surface area (Å²) in [6.45, 7) is 3.57. The van der Waals surface area contributed by atoms with Crippen LogP contribution < -0.4 is 29.6 Å². The van der Waals surface area contributed by atoms with Gasteiger partial charge in [0.15, 0.2) is 0 Å². The van der Waals surface area contributed by atoms with Gasteiger partial charge in [-0.15, -0.1) is 0 Å². The van der Waals surface area contributed by atoms with Gasteiger partial charge in [-0.3, -0.25) is 0 Å². The minimum absolute atomic E-state index is 0. The maximum Gasteiger partial charge on any atom is 1.00 e. The van der Waals surface area contributed by atoms with E-state index >= 15 is 0 Å². The largest absolute Gasteiger partial charge is 1.00 e. The van der Waals surface area contributed by atoms with E-state index < -0.39 is 15.4 Å².